The number of hydrogen-bond donors (Lipinski definition) is 4. The highest BCUT2D eigenvalue weighted by Gasteiger charge is 1.96. The number of nitrogens with two attached hydrogens (primary N) is 2. The van der Waals surface area contributed by atoms with Gasteiger partial charge in [-0.15, -0.1) is 0 Å². The molecule has 6 N–H and O–H groups in total. The Morgan fingerprint density at radius 3 is 1.20 bits per heavy atom. The van der Waals surface area contributed by atoms with Crippen LogP contribution in [0.1, 0.15) is 11.1 Å². The van der Waals surface area contributed by atoms with Crippen LogP contribution < -0.4 is 22.1 Å². The fourth-order valence-electron chi connectivity index (χ4n) is 2.87. The maximum atomic E-state index is 5.62. The van der Waals surface area contributed by atoms with Gasteiger partial charge in [-0.05, 0) is 66.1 Å². The highest BCUT2D eigenvalue weighted by molar-refractivity contribution is 5.47. The first-order valence-corrected chi connectivity index (χ1v) is 9.96. The molecule has 4 nitrogen and oxygen atoms in total. The summed E-state index contributed by atoms with van der Waals surface area (Å²) in [5.74, 6) is 0. The third kappa shape index (κ3) is 7.24. The Bertz CT molecular complexity index is 900. The number of rotatable bonds is 6. The van der Waals surface area contributed by atoms with Gasteiger partial charge in [0, 0.05) is 22.7 Å². The Morgan fingerprint density at radius 2 is 0.833 bits per heavy atom. The molecular weight excluding hydrogens is 368 g/mol. The van der Waals surface area contributed by atoms with Crippen molar-refractivity contribution in [3.8, 4) is 0 Å². The van der Waals surface area contributed by atoms with Crippen molar-refractivity contribution >= 4 is 22.7 Å². The summed E-state index contributed by atoms with van der Waals surface area (Å²) in [6, 6.07) is 36.2. The van der Waals surface area contributed by atoms with E-state index in [4.69, 9.17) is 11.5 Å². The molecule has 0 saturated carbocycles. The van der Waals surface area contributed by atoms with E-state index < -0.39 is 0 Å². The summed E-state index contributed by atoms with van der Waals surface area (Å²) in [6.45, 7) is 0.730. The van der Waals surface area contributed by atoms with Gasteiger partial charge in [-0.2, -0.15) is 0 Å². The van der Waals surface area contributed by atoms with Crippen molar-refractivity contribution in [2.75, 3.05) is 28.8 Å². The largest absolute Gasteiger partial charge is 0.399 e. The van der Waals surface area contributed by atoms with Crippen molar-refractivity contribution in [2.24, 2.45) is 0 Å². The van der Waals surface area contributed by atoms with Crippen molar-refractivity contribution < 1.29 is 0 Å². The number of nitrogen functional groups attached to an aromatic ring is 2. The highest BCUT2D eigenvalue weighted by atomic mass is 15.1. The first-order chi connectivity index (χ1) is 14.7. The molecule has 4 heteroatoms. The van der Waals surface area contributed by atoms with Crippen LogP contribution in [-0.2, 0) is 6.42 Å². The molecule has 0 saturated heterocycles. The molecule has 0 aliphatic rings. The molecule has 0 aliphatic heterocycles. The molecule has 0 amide bonds. The van der Waals surface area contributed by atoms with E-state index in [1.165, 1.54) is 11.1 Å². The lowest BCUT2D eigenvalue weighted by Crippen LogP contribution is -2.11. The smallest absolute Gasteiger partial charge is 0.0849 e. The number of anilines is 4. The average Bonchev–Trinajstić information content (AvgIpc) is 2.79. The standard InChI is InChI=1S/2C13H14N2/c14-12-5-1-10(2-6-12)9-11-3-7-13(15)8-4-11;1-3-7-12(8-4-1)14-11-15-13-9-5-2-6-10-13/h1-8H,9,14-15H2;1-10,14-15H,11H2. The molecule has 0 fully saturated rings. The summed E-state index contributed by atoms with van der Waals surface area (Å²) in [6.07, 6.45) is 0.917. The average molecular weight is 397 g/mol. The number of benzene rings is 4. The zero-order chi connectivity index (χ0) is 21.0. The van der Waals surface area contributed by atoms with Gasteiger partial charge in [0.05, 0.1) is 6.67 Å². The SMILES string of the molecule is Nc1ccc(Cc2ccc(N)cc2)cc1.c1ccc(NCNc2ccccc2)cc1. The number of nitrogens with one attached hydrogen (secondary N) is 2. The summed E-state index contributed by atoms with van der Waals surface area (Å²) in [7, 11) is 0. The predicted molar refractivity (Wildman–Crippen MR) is 130 cm³/mol. The van der Waals surface area contributed by atoms with Gasteiger partial charge in [0.2, 0.25) is 0 Å². The van der Waals surface area contributed by atoms with E-state index in [2.05, 4.69) is 10.6 Å². The maximum Gasteiger partial charge on any atom is 0.0849 e. The lowest BCUT2D eigenvalue weighted by molar-refractivity contribution is 1.19. The van der Waals surface area contributed by atoms with Crippen LogP contribution in [-0.4, -0.2) is 6.67 Å². The molecular formula is C26H28N4. The van der Waals surface area contributed by atoms with Crippen LogP contribution in [0.15, 0.2) is 109 Å². The van der Waals surface area contributed by atoms with E-state index in [9.17, 15) is 0 Å². The summed E-state index contributed by atoms with van der Waals surface area (Å²) in [4.78, 5) is 0. The lowest BCUT2D eigenvalue weighted by Gasteiger charge is -2.08. The summed E-state index contributed by atoms with van der Waals surface area (Å²) in [5, 5.41) is 6.56. The van der Waals surface area contributed by atoms with Gasteiger partial charge in [0.25, 0.3) is 0 Å². The molecule has 4 aromatic rings. The van der Waals surface area contributed by atoms with E-state index in [1.807, 2.05) is 109 Å². The third-order valence-electron chi connectivity index (χ3n) is 4.50. The second-order valence-electron chi connectivity index (χ2n) is 6.92. The third-order valence-corrected chi connectivity index (χ3v) is 4.50. The molecule has 30 heavy (non-hydrogen) atoms. The van der Waals surface area contributed by atoms with E-state index in [1.54, 1.807) is 0 Å². The van der Waals surface area contributed by atoms with Gasteiger partial charge in [-0.3, -0.25) is 0 Å². The molecule has 4 rings (SSSR count). The highest BCUT2D eigenvalue weighted by Crippen LogP contribution is 2.13. The molecule has 0 radical (unpaired) electrons. The molecule has 0 spiro atoms. The van der Waals surface area contributed by atoms with Gasteiger partial charge in [-0.25, -0.2) is 0 Å². The molecule has 0 aromatic heterocycles. The quantitative estimate of drug-likeness (QED) is 0.252. The van der Waals surface area contributed by atoms with Crippen LogP contribution in [0, 0.1) is 0 Å². The Labute approximate surface area is 178 Å². The Morgan fingerprint density at radius 1 is 0.467 bits per heavy atom. The first-order valence-electron chi connectivity index (χ1n) is 9.96. The zero-order valence-electron chi connectivity index (χ0n) is 17.0. The topological polar surface area (TPSA) is 76.1 Å². The minimum Gasteiger partial charge on any atom is -0.399 e. The molecule has 152 valence electrons. The van der Waals surface area contributed by atoms with Crippen LogP contribution in [0.2, 0.25) is 0 Å². The van der Waals surface area contributed by atoms with Crippen molar-refractivity contribution in [1.82, 2.24) is 0 Å². The lowest BCUT2D eigenvalue weighted by atomic mass is 10.0. The van der Waals surface area contributed by atoms with Gasteiger partial charge in [0.1, 0.15) is 0 Å². The van der Waals surface area contributed by atoms with Gasteiger partial charge in [-0.1, -0.05) is 60.7 Å². The Balaban J connectivity index is 0.000000171. The molecule has 0 atom stereocenters. The van der Waals surface area contributed by atoms with Crippen molar-refractivity contribution in [3.63, 3.8) is 0 Å². The van der Waals surface area contributed by atoms with Crippen molar-refractivity contribution in [1.29, 1.82) is 0 Å². The minimum absolute atomic E-state index is 0.730. The van der Waals surface area contributed by atoms with Crippen LogP contribution in [0.4, 0.5) is 22.7 Å². The van der Waals surface area contributed by atoms with Crippen LogP contribution >= 0.6 is 0 Å². The van der Waals surface area contributed by atoms with E-state index in [0.29, 0.717) is 0 Å². The second kappa shape index (κ2) is 11.2. The molecule has 0 bridgehead atoms. The monoisotopic (exact) mass is 396 g/mol. The van der Waals surface area contributed by atoms with Crippen molar-refractivity contribution in [3.05, 3.63) is 120 Å². The summed E-state index contributed by atoms with van der Waals surface area (Å²) >= 11 is 0. The predicted octanol–water partition coefficient (Wildman–Crippen LogP) is 5.61. The van der Waals surface area contributed by atoms with E-state index in [-0.39, 0.29) is 0 Å². The molecule has 4 aromatic carbocycles. The Hall–Kier alpha value is -3.92. The van der Waals surface area contributed by atoms with Crippen LogP contribution in [0.3, 0.4) is 0 Å². The normalized spacial score (nSPS) is 9.87. The molecule has 0 aliphatic carbocycles. The van der Waals surface area contributed by atoms with Crippen LogP contribution in [0.25, 0.3) is 0 Å². The minimum atomic E-state index is 0.730. The van der Waals surface area contributed by atoms with Crippen molar-refractivity contribution in [2.45, 2.75) is 6.42 Å². The van der Waals surface area contributed by atoms with Gasteiger partial charge >= 0.3 is 0 Å². The number of hydrogen-bond acceptors (Lipinski definition) is 4. The summed E-state index contributed by atoms with van der Waals surface area (Å²) < 4.78 is 0. The number of para-hydroxylation sites is 2. The second-order valence-corrected chi connectivity index (χ2v) is 6.92. The summed E-state index contributed by atoms with van der Waals surface area (Å²) in [5.41, 5.74) is 17.6. The van der Waals surface area contributed by atoms with Crippen LogP contribution in [0.5, 0.6) is 0 Å². The van der Waals surface area contributed by atoms with Gasteiger partial charge < -0.3 is 22.1 Å². The zero-order valence-corrected chi connectivity index (χ0v) is 17.0. The fraction of sp³-hybridized carbons (Fsp3) is 0.0769. The first kappa shape index (κ1) is 20.8. The maximum absolute atomic E-state index is 5.62. The molecule has 0 unspecified atom stereocenters. The fourth-order valence-corrected chi connectivity index (χ4v) is 2.87. The Kier molecular flexibility index (Phi) is 7.75. The van der Waals surface area contributed by atoms with E-state index in [0.717, 1.165) is 35.8 Å². The molecule has 0 heterocycles. The van der Waals surface area contributed by atoms with E-state index >= 15 is 0 Å². The van der Waals surface area contributed by atoms with Gasteiger partial charge in [0.15, 0.2) is 0 Å².